The number of nitro benzene ring substituents is 1. The van der Waals surface area contributed by atoms with E-state index in [1.807, 2.05) is 44.2 Å². The summed E-state index contributed by atoms with van der Waals surface area (Å²) in [5.41, 5.74) is 4.83. The third-order valence-corrected chi connectivity index (χ3v) is 7.05. The summed E-state index contributed by atoms with van der Waals surface area (Å²) in [6, 6.07) is 14.8. The molecule has 36 heavy (non-hydrogen) atoms. The number of aromatic amines is 1. The van der Waals surface area contributed by atoms with Crippen molar-refractivity contribution >= 4 is 17.0 Å². The maximum atomic E-state index is 13.9. The first-order valence-electron chi connectivity index (χ1n) is 12.2. The normalized spacial score (nSPS) is 14.7. The van der Waals surface area contributed by atoms with E-state index < -0.39 is 10.8 Å². The second-order valence-corrected chi connectivity index (χ2v) is 9.23. The molecule has 1 saturated heterocycles. The zero-order chi connectivity index (χ0) is 25.4. The number of aryl methyl sites for hydroxylation is 1. The van der Waals surface area contributed by atoms with Crippen LogP contribution < -0.4 is 15.2 Å². The van der Waals surface area contributed by atoms with Crippen LogP contribution >= 0.6 is 0 Å². The molecule has 5 rings (SSSR count). The molecular weight excluding hydrogens is 458 g/mol. The summed E-state index contributed by atoms with van der Waals surface area (Å²) in [5.74, 6) is -0.227. The monoisotopic (exact) mass is 487 g/mol. The number of nitrogens with zero attached hydrogens (tertiary/aromatic N) is 4. The molecule has 2 aromatic heterocycles. The van der Waals surface area contributed by atoms with Crippen LogP contribution in [0.4, 0.5) is 11.4 Å². The number of aromatic nitrogens is 3. The number of H-pyrrole nitrogens is 1. The fourth-order valence-corrected chi connectivity index (χ4v) is 5.19. The molecule has 1 aliphatic heterocycles. The minimum absolute atomic E-state index is 0.132. The SMILES string of the molecule is COc1ccc(C(C)c2c(C)nc3c(N4CCCCC4)c(-c4ccccc4)[nH]n3c2=O)cc1[N+](=O)[O-]. The van der Waals surface area contributed by atoms with Crippen LogP contribution in [0.15, 0.2) is 53.3 Å². The molecule has 4 aromatic rings. The van der Waals surface area contributed by atoms with Crippen molar-refractivity contribution in [3.63, 3.8) is 0 Å². The van der Waals surface area contributed by atoms with E-state index in [2.05, 4.69) is 10.00 Å². The van der Waals surface area contributed by atoms with Gasteiger partial charge in [0.05, 0.1) is 17.7 Å². The van der Waals surface area contributed by atoms with Crippen molar-refractivity contribution in [2.24, 2.45) is 0 Å². The van der Waals surface area contributed by atoms with Gasteiger partial charge in [-0.3, -0.25) is 20.0 Å². The zero-order valence-corrected chi connectivity index (χ0v) is 20.7. The highest BCUT2D eigenvalue weighted by atomic mass is 16.6. The lowest BCUT2D eigenvalue weighted by atomic mass is 9.92. The highest BCUT2D eigenvalue weighted by Crippen LogP contribution is 2.36. The first-order chi connectivity index (χ1) is 17.4. The largest absolute Gasteiger partial charge is 0.490 e. The van der Waals surface area contributed by atoms with Gasteiger partial charge in [0.15, 0.2) is 11.4 Å². The summed E-state index contributed by atoms with van der Waals surface area (Å²) in [6.45, 7) is 5.53. The Labute approximate surface area is 208 Å². The van der Waals surface area contributed by atoms with Crippen LogP contribution in [-0.2, 0) is 0 Å². The first kappa shape index (κ1) is 23.6. The highest BCUT2D eigenvalue weighted by Gasteiger charge is 2.27. The molecule has 0 amide bonds. The minimum Gasteiger partial charge on any atom is -0.490 e. The summed E-state index contributed by atoms with van der Waals surface area (Å²) in [5, 5.41) is 14.9. The molecule has 1 aliphatic rings. The Hall–Kier alpha value is -4.14. The average molecular weight is 488 g/mol. The third-order valence-electron chi connectivity index (χ3n) is 7.05. The van der Waals surface area contributed by atoms with Gasteiger partial charge in [0.1, 0.15) is 5.69 Å². The fraction of sp³-hybridized carbons (Fsp3) is 0.333. The Morgan fingerprint density at radius 3 is 2.50 bits per heavy atom. The average Bonchev–Trinajstić information content (AvgIpc) is 3.28. The van der Waals surface area contributed by atoms with E-state index in [0.717, 1.165) is 42.9 Å². The topological polar surface area (TPSA) is 106 Å². The van der Waals surface area contributed by atoms with Crippen molar-refractivity contribution in [3.8, 4) is 17.0 Å². The quantitative estimate of drug-likeness (QED) is 0.301. The molecule has 9 nitrogen and oxygen atoms in total. The Morgan fingerprint density at radius 2 is 1.83 bits per heavy atom. The minimum atomic E-state index is -0.474. The van der Waals surface area contributed by atoms with Crippen LogP contribution in [0.1, 0.15) is 48.9 Å². The zero-order valence-electron chi connectivity index (χ0n) is 20.7. The Morgan fingerprint density at radius 1 is 1.11 bits per heavy atom. The van der Waals surface area contributed by atoms with E-state index in [4.69, 9.17) is 9.72 Å². The van der Waals surface area contributed by atoms with Crippen LogP contribution in [-0.4, -0.2) is 39.7 Å². The first-order valence-corrected chi connectivity index (χ1v) is 12.2. The van der Waals surface area contributed by atoms with E-state index in [9.17, 15) is 14.9 Å². The van der Waals surface area contributed by atoms with Crippen LogP contribution in [0.3, 0.4) is 0 Å². The van der Waals surface area contributed by atoms with Gasteiger partial charge in [0.25, 0.3) is 5.56 Å². The summed E-state index contributed by atoms with van der Waals surface area (Å²) in [7, 11) is 1.40. The van der Waals surface area contributed by atoms with Gasteiger partial charge < -0.3 is 9.64 Å². The maximum Gasteiger partial charge on any atom is 0.311 e. The van der Waals surface area contributed by atoms with Crippen molar-refractivity contribution in [1.29, 1.82) is 0 Å². The summed E-state index contributed by atoms with van der Waals surface area (Å²) in [4.78, 5) is 32.2. The van der Waals surface area contributed by atoms with E-state index in [1.165, 1.54) is 24.1 Å². The predicted molar refractivity (Wildman–Crippen MR) is 139 cm³/mol. The van der Waals surface area contributed by atoms with Gasteiger partial charge in [-0.1, -0.05) is 43.3 Å². The van der Waals surface area contributed by atoms with Crippen molar-refractivity contribution < 1.29 is 9.66 Å². The second-order valence-electron chi connectivity index (χ2n) is 9.23. The van der Waals surface area contributed by atoms with Crippen LogP contribution in [0.2, 0.25) is 0 Å². The standard InChI is InChI=1S/C27H29N5O4/c1-17(20-12-13-22(36-3)21(16-20)32(34)35)23-18(2)28-26-25(30-14-8-5-9-15-30)24(29-31(26)27(23)33)19-10-6-4-7-11-19/h4,6-7,10-13,16-17,29H,5,8-9,14-15H2,1-3H3. The van der Waals surface area contributed by atoms with Gasteiger partial charge >= 0.3 is 5.69 Å². The number of hydrogen-bond donors (Lipinski definition) is 1. The molecule has 0 saturated carbocycles. The number of benzene rings is 2. The molecular formula is C27H29N5O4. The summed E-state index contributed by atoms with van der Waals surface area (Å²) in [6.07, 6.45) is 3.39. The van der Waals surface area contributed by atoms with Gasteiger partial charge in [-0.05, 0) is 37.8 Å². The molecule has 1 fully saturated rings. The summed E-state index contributed by atoms with van der Waals surface area (Å²) < 4.78 is 6.67. The van der Waals surface area contributed by atoms with E-state index >= 15 is 0 Å². The van der Waals surface area contributed by atoms with Gasteiger partial charge in [0, 0.05) is 41.9 Å². The number of fused-ring (bicyclic) bond motifs is 1. The van der Waals surface area contributed by atoms with Gasteiger partial charge in [0.2, 0.25) is 0 Å². The number of methoxy groups -OCH3 is 1. The molecule has 0 spiro atoms. The smallest absolute Gasteiger partial charge is 0.311 e. The van der Waals surface area contributed by atoms with E-state index in [0.29, 0.717) is 22.5 Å². The Balaban J connectivity index is 1.69. The number of anilines is 1. The third kappa shape index (κ3) is 4.00. The molecule has 2 aromatic carbocycles. The van der Waals surface area contributed by atoms with Crippen LogP contribution in [0, 0.1) is 17.0 Å². The number of piperidine rings is 1. The molecule has 1 N–H and O–H groups in total. The molecule has 1 atom stereocenters. The number of hydrogen-bond acceptors (Lipinski definition) is 6. The molecule has 1 unspecified atom stereocenters. The summed E-state index contributed by atoms with van der Waals surface area (Å²) >= 11 is 0. The predicted octanol–water partition coefficient (Wildman–Crippen LogP) is 5.06. The molecule has 0 aliphatic carbocycles. The lowest BCUT2D eigenvalue weighted by molar-refractivity contribution is -0.385. The number of nitrogens with one attached hydrogen (secondary N) is 1. The van der Waals surface area contributed by atoms with Gasteiger partial charge in [-0.15, -0.1) is 0 Å². The maximum absolute atomic E-state index is 13.9. The van der Waals surface area contributed by atoms with E-state index in [1.54, 1.807) is 12.1 Å². The molecule has 9 heteroatoms. The van der Waals surface area contributed by atoms with Gasteiger partial charge in [-0.2, -0.15) is 4.52 Å². The number of nitro groups is 1. The Kier molecular flexibility index (Phi) is 6.22. The van der Waals surface area contributed by atoms with Gasteiger partial charge in [-0.25, -0.2) is 4.98 Å². The number of rotatable bonds is 6. The van der Waals surface area contributed by atoms with Crippen molar-refractivity contribution in [2.45, 2.75) is 39.0 Å². The molecule has 3 heterocycles. The molecule has 0 bridgehead atoms. The molecule has 186 valence electrons. The van der Waals surface area contributed by atoms with Crippen molar-refractivity contribution in [3.05, 3.63) is 85.8 Å². The number of ether oxygens (including phenoxy) is 1. The van der Waals surface area contributed by atoms with Crippen molar-refractivity contribution in [1.82, 2.24) is 14.6 Å². The Bertz CT molecular complexity index is 1490. The molecule has 0 radical (unpaired) electrons. The fourth-order valence-electron chi connectivity index (χ4n) is 5.19. The highest BCUT2D eigenvalue weighted by molar-refractivity contribution is 5.86. The van der Waals surface area contributed by atoms with Crippen LogP contribution in [0.5, 0.6) is 5.75 Å². The van der Waals surface area contributed by atoms with E-state index in [-0.39, 0.29) is 17.0 Å². The van der Waals surface area contributed by atoms with Crippen LogP contribution in [0.25, 0.3) is 16.9 Å². The lowest BCUT2D eigenvalue weighted by Crippen LogP contribution is -2.30. The lowest BCUT2D eigenvalue weighted by Gasteiger charge is -2.28. The second kappa shape index (κ2) is 9.49. The van der Waals surface area contributed by atoms with Crippen molar-refractivity contribution in [2.75, 3.05) is 25.1 Å².